The molecule has 0 aliphatic rings. The lowest BCUT2D eigenvalue weighted by Crippen LogP contribution is -2.46. The third kappa shape index (κ3) is 2.15. The van der Waals surface area contributed by atoms with Gasteiger partial charge in [-0.25, -0.2) is 0 Å². The van der Waals surface area contributed by atoms with Crippen molar-refractivity contribution in [2.24, 2.45) is 0 Å². The van der Waals surface area contributed by atoms with Crippen LogP contribution in [0.2, 0.25) is 5.04 Å². The van der Waals surface area contributed by atoms with Crippen molar-refractivity contribution >= 4 is 34.0 Å². The van der Waals surface area contributed by atoms with E-state index < -0.39 is 6.69 Å². The standard InChI is InChI=1S/C11H16Cl2Si/c1-4-11(2,3)14(12,13)10-8-6-5-7-9-10/h5-9H,4H2,1-3H3. The molecule has 0 aliphatic carbocycles. The molecule has 0 aromatic heterocycles. The van der Waals surface area contributed by atoms with Crippen LogP contribution in [0.5, 0.6) is 0 Å². The van der Waals surface area contributed by atoms with E-state index in [1.807, 2.05) is 30.3 Å². The molecule has 78 valence electrons. The molecular formula is C11H16Cl2Si. The fraction of sp³-hybridized carbons (Fsp3) is 0.455. The van der Waals surface area contributed by atoms with Crippen LogP contribution >= 0.6 is 22.2 Å². The van der Waals surface area contributed by atoms with Gasteiger partial charge in [0.25, 0.3) is 6.69 Å². The van der Waals surface area contributed by atoms with Crippen LogP contribution in [0.1, 0.15) is 27.2 Å². The van der Waals surface area contributed by atoms with Crippen molar-refractivity contribution in [1.29, 1.82) is 0 Å². The summed E-state index contributed by atoms with van der Waals surface area (Å²) in [6.07, 6.45) is 1.00. The lowest BCUT2D eigenvalue weighted by atomic mass is 10.1. The molecule has 0 unspecified atom stereocenters. The van der Waals surface area contributed by atoms with Gasteiger partial charge >= 0.3 is 0 Å². The van der Waals surface area contributed by atoms with Gasteiger partial charge in [0.15, 0.2) is 0 Å². The van der Waals surface area contributed by atoms with Gasteiger partial charge in [-0.15, -0.1) is 22.2 Å². The highest BCUT2D eigenvalue weighted by Gasteiger charge is 2.45. The monoisotopic (exact) mass is 246 g/mol. The lowest BCUT2D eigenvalue weighted by molar-refractivity contribution is 0.640. The minimum absolute atomic E-state index is 0.0114. The first-order valence-corrected chi connectivity index (χ1v) is 8.87. The first-order chi connectivity index (χ1) is 6.42. The number of rotatable bonds is 3. The Hall–Kier alpha value is 0.0169. The highest BCUT2D eigenvalue weighted by molar-refractivity contribution is 7.52. The van der Waals surface area contributed by atoms with Gasteiger partial charge in [-0.1, -0.05) is 57.5 Å². The minimum atomic E-state index is -2.36. The third-order valence-electron chi connectivity index (χ3n) is 2.87. The molecule has 0 saturated carbocycles. The van der Waals surface area contributed by atoms with Crippen LogP contribution < -0.4 is 5.19 Å². The summed E-state index contributed by atoms with van der Waals surface area (Å²) in [6, 6.07) is 10.0. The summed E-state index contributed by atoms with van der Waals surface area (Å²) < 4.78 is 0. The van der Waals surface area contributed by atoms with Gasteiger partial charge in [-0.2, -0.15) is 0 Å². The summed E-state index contributed by atoms with van der Waals surface area (Å²) >= 11 is 13.1. The van der Waals surface area contributed by atoms with Gasteiger partial charge in [0.2, 0.25) is 0 Å². The summed E-state index contributed by atoms with van der Waals surface area (Å²) in [6.45, 7) is 4.06. The summed E-state index contributed by atoms with van der Waals surface area (Å²) in [4.78, 5) is 0. The Morgan fingerprint density at radius 2 is 1.64 bits per heavy atom. The van der Waals surface area contributed by atoms with Crippen molar-refractivity contribution in [3.8, 4) is 0 Å². The van der Waals surface area contributed by atoms with Gasteiger partial charge in [0.1, 0.15) is 0 Å². The van der Waals surface area contributed by atoms with Crippen molar-refractivity contribution in [3.63, 3.8) is 0 Å². The first-order valence-electron chi connectivity index (χ1n) is 4.85. The molecule has 0 bridgehead atoms. The van der Waals surface area contributed by atoms with Gasteiger partial charge < -0.3 is 0 Å². The zero-order valence-electron chi connectivity index (χ0n) is 8.85. The quantitative estimate of drug-likeness (QED) is 0.559. The first kappa shape index (κ1) is 12.1. The molecule has 0 aliphatic heterocycles. The highest BCUT2D eigenvalue weighted by atomic mass is 35.7. The highest BCUT2D eigenvalue weighted by Crippen LogP contribution is 2.44. The second-order valence-corrected chi connectivity index (χ2v) is 11.2. The molecule has 0 radical (unpaired) electrons. The zero-order valence-corrected chi connectivity index (χ0v) is 11.4. The molecule has 0 spiro atoms. The van der Waals surface area contributed by atoms with Gasteiger partial charge in [-0.3, -0.25) is 0 Å². The number of halogens is 2. The SMILES string of the molecule is CCC(C)(C)[Si](Cl)(Cl)c1ccccc1. The molecule has 0 heterocycles. The molecular weight excluding hydrogens is 231 g/mol. The van der Waals surface area contributed by atoms with E-state index in [1.54, 1.807) is 0 Å². The predicted octanol–water partition coefficient (Wildman–Crippen LogP) is 4.00. The molecule has 1 aromatic rings. The summed E-state index contributed by atoms with van der Waals surface area (Å²) in [5, 5.41) is 1.12. The average Bonchev–Trinajstić information content (AvgIpc) is 2.19. The molecule has 0 fully saturated rings. The molecule has 0 atom stereocenters. The van der Waals surface area contributed by atoms with E-state index >= 15 is 0 Å². The Bertz CT molecular complexity index is 293. The summed E-state index contributed by atoms with van der Waals surface area (Å²) in [7, 11) is 0. The Morgan fingerprint density at radius 1 is 1.14 bits per heavy atom. The minimum Gasteiger partial charge on any atom is -0.139 e. The molecule has 1 aromatic carbocycles. The van der Waals surface area contributed by atoms with E-state index in [2.05, 4.69) is 20.8 Å². The Kier molecular flexibility index (Phi) is 3.67. The molecule has 1 rings (SSSR count). The van der Waals surface area contributed by atoms with E-state index in [0.717, 1.165) is 11.6 Å². The second kappa shape index (κ2) is 4.26. The molecule has 0 N–H and O–H groups in total. The third-order valence-corrected chi connectivity index (χ3v) is 10.4. The molecule has 0 nitrogen and oxygen atoms in total. The van der Waals surface area contributed by atoms with Gasteiger partial charge in [0.05, 0.1) is 0 Å². The molecule has 14 heavy (non-hydrogen) atoms. The smallest absolute Gasteiger partial charge is 0.139 e. The van der Waals surface area contributed by atoms with Crippen LogP contribution in [0.3, 0.4) is 0 Å². The van der Waals surface area contributed by atoms with Crippen molar-refractivity contribution < 1.29 is 0 Å². The van der Waals surface area contributed by atoms with Gasteiger partial charge in [0, 0.05) is 0 Å². The van der Waals surface area contributed by atoms with E-state index in [1.165, 1.54) is 0 Å². The van der Waals surface area contributed by atoms with Crippen LogP contribution in [0.25, 0.3) is 0 Å². The van der Waals surface area contributed by atoms with E-state index in [4.69, 9.17) is 22.2 Å². The van der Waals surface area contributed by atoms with E-state index in [0.29, 0.717) is 0 Å². The number of hydrogen-bond donors (Lipinski definition) is 0. The average molecular weight is 247 g/mol. The topological polar surface area (TPSA) is 0 Å². The van der Waals surface area contributed by atoms with Gasteiger partial charge in [-0.05, 0) is 10.2 Å². The van der Waals surface area contributed by atoms with Crippen molar-refractivity contribution in [1.82, 2.24) is 0 Å². The Morgan fingerprint density at radius 3 is 2.07 bits per heavy atom. The van der Waals surface area contributed by atoms with Crippen molar-refractivity contribution in [2.75, 3.05) is 0 Å². The second-order valence-electron chi connectivity index (χ2n) is 4.18. The van der Waals surface area contributed by atoms with E-state index in [9.17, 15) is 0 Å². The molecule has 3 heteroatoms. The normalized spacial score (nSPS) is 12.9. The molecule has 0 saturated heterocycles. The fourth-order valence-electron chi connectivity index (χ4n) is 1.26. The number of hydrogen-bond acceptors (Lipinski definition) is 0. The van der Waals surface area contributed by atoms with Crippen LogP contribution in [0.15, 0.2) is 30.3 Å². The van der Waals surface area contributed by atoms with Crippen LogP contribution in [-0.2, 0) is 0 Å². The summed E-state index contributed by atoms with van der Waals surface area (Å²) in [5.74, 6) is 0. The van der Waals surface area contributed by atoms with Crippen molar-refractivity contribution in [2.45, 2.75) is 32.2 Å². The largest absolute Gasteiger partial charge is 0.286 e. The zero-order chi connectivity index (χ0) is 10.8. The maximum Gasteiger partial charge on any atom is 0.286 e. The maximum absolute atomic E-state index is 6.56. The maximum atomic E-state index is 6.56. The van der Waals surface area contributed by atoms with Crippen LogP contribution in [-0.4, -0.2) is 6.69 Å². The predicted molar refractivity (Wildman–Crippen MR) is 67.9 cm³/mol. The lowest BCUT2D eigenvalue weighted by Gasteiger charge is -2.34. The van der Waals surface area contributed by atoms with E-state index in [-0.39, 0.29) is 5.04 Å². The molecule has 0 amide bonds. The fourth-order valence-corrected chi connectivity index (χ4v) is 4.65. The Balaban J connectivity index is 3.08. The Labute approximate surface area is 96.7 Å². The summed E-state index contributed by atoms with van der Waals surface area (Å²) in [5.41, 5.74) is 0. The van der Waals surface area contributed by atoms with Crippen LogP contribution in [0.4, 0.5) is 0 Å². The number of benzene rings is 1. The van der Waals surface area contributed by atoms with Crippen LogP contribution in [0, 0.1) is 0 Å². The van der Waals surface area contributed by atoms with Crippen molar-refractivity contribution in [3.05, 3.63) is 30.3 Å².